The molecule has 0 bridgehead atoms. The number of rotatable bonds is 5. The first-order chi connectivity index (χ1) is 7.41. The number of nitrogens with one attached hydrogen (secondary N) is 1. The summed E-state index contributed by atoms with van der Waals surface area (Å²) < 4.78 is 0. The van der Waals surface area contributed by atoms with Gasteiger partial charge < -0.3 is 16.6 Å². The van der Waals surface area contributed by atoms with Crippen molar-refractivity contribution in [3.05, 3.63) is 0 Å². The van der Waals surface area contributed by atoms with Gasteiger partial charge in [-0.2, -0.15) is 0 Å². The van der Waals surface area contributed by atoms with Gasteiger partial charge in [0.05, 0.1) is 5.84 Å². The van der Waals surface area contributed by atoms with Gasteiger partial charge in [-0.05, 0) is 25.2 Å². The van der Waals surface area contributed by atoms with Gasteiger partial charge in [0, 0.05) is 5.92 Å². The van der Waals surface area contributed by atoms with E-state index in [1.807, 2.05) is 0 Å². The SMILES string of the molecule is CCCCC1CC(C(=N)N)CC1(N)C(=O)O. The van der Waals surface area contributed by atoms with Gasteiger partial charge >= 0.3 is 5.97 Å². The summed E-state index contributed by atoms with van der Waals surface area (Å²) >= 11 is 0. The monoisotopic (exact) mass is 227 g/mol. The zero-order valence-corrected chi connectivity index (χ0v) is 9.70. The van der Waals surface area contributed by atoms with Crippen molar-refractivity contribution < 1.29 is 9.90 Å². The number of nitrogens with two attached hydrogens (primary N) is 2. The summed E-state index contributed by atoms with van der Waals surface area (Å²) in [5, 5.41) is 16.6. The maximum absolute atomic E-state index is 11.2. The lowest BCUT2D eigenvalue weighted by Gasteiger charge is -2.26. The average Bonchev–Trinajstić information content (AvgIpc) is 2.54. The van der Waals surface area contributed by atoms with Crippen LogP contribution in [0.5, 0.6) is 0 Å². The Kier molecular flexibility index (Phi) is 3.91. The van der Waals surface area contributed by atoms with Gasteiger partial charge in [-0.3, -0.25) is 10.2 Å². The predicted octanol–water partition coefficient (Wildman–Crippen LogP) is 0.921. The van der Waals surface area contributed by atoms with E-state index < -0.39 is 11.5 Å². The van der Waals surface area contributed by atoms with Crippen LogP contribution in [-0.4, -0.2) is 22.5 Å². The summed E-state index contributed by atoms with van der Waals surface area (Å²) in [5.41, 5.74) is 10.2. The fraction of sp³-hybridized carbons (Fsp3) is 0.818. The largest absolute Gasteiger partial charge is 0.480 e. The summed E-state index contributed by atoms with van der Waals surface area (Å²) in [6.07, 6.45) is 3.74. The summed E-state index contributed by atoms with van der Waals surface area (Å²) in [6, 6.07) is 0. The van der Waals surface area contributed by atoms with E-state index in [9.17, 15) is 9.90 Å². The highest BCUT2D eigenvalue weighted by Gasteiger charge is 2.50. The Hall–Kier alpha value is -1.10. The van der Waals surface area contributed by atoms with Crippen molar-refractivity contribution in [1.29, 1.82) is 5.41 Å². The summed E-state index contributed by atoms with van der Waals surface area (Å²) in [7, 11) is 0. The van der Waals surface area contributed by atoms with Crippen LogP contribution in [-0.2, 0) is 4.79 Å². The number of carboxylic acids is 1. The minimum absolute atomic E-state index is 0.0566. The Balaban J connectivity index is 2.79. The van der Waals surface area contributed by atoms with Gasteiger partial charge in [-0.25, -0.2) is 0 Å². The first-order valence-electron chi connectivity index (χ1n) is 5.78. The highest BCUT2D eigenvalue weighted by molar-refractivity contribution is 5.85. The molecule has 1 rings (SSSR count). The smallest absolute Gasteiger partial charge is 0.323 e. The van der Waals surface area contributed by atoms with Gasteiger partial charge in [-0.15, -0.1) is 0 Å². The Bertz CT molecular complexity index is 293. The van der Waals surface area contributed by atoms with Crippen molar-refractivity contribution in [2.75, 3.05) is 0 Å². The molecule has 1 fully saturated rings. The van der Waals surface area contributed by atoms with Gasteiger partial charge in [0.25, 0.3) is 0 Å². The fourth-order valence-electron chi connectivity index (χ4n) is 2.54. The molecule has 0 aromatic heterocycles. The van der Waals surface area contributed by atoms with Crippen molar-refractivity contribution in [2.45, 2.75) is 44.6 Å². The third kappa shape index (κ3) is 2.35. The van der Waals surface area contributed by atoms with Crippen molar-refractivity contribution in [1.82, 2.24) is 0 Å². The molecular weight excluding hydrogens is 206 g/mol. The molecule has 0 aromatic rings. The third-order valence-corrected chi connectivity index (χ3v) is 3.63. The number of carboxylic acid groups (broad SMARTS) is 1. The fourth-order valence-corrected chi connectivity index (χ4v) is 2.54. The van der Waals surface area contributed by atoms with E-state index in [0.717, 1.165) is 19.3 Å². The zero-order valence-electron chi connectivity index (χ0n) is 9.70. The van der Waals surface area contributed by atoms with Crippen LogP contribution >= 0.6 is 0 Å². The van der Waals surface area contributed by atoms with Gasteiger partial charge in [0.2, 0.25) is 0 Å². The van der Waals surface area contributed by atoms with Crippen LogP contribution in [0.3, 0.4) is 0 Å². The van der Waals surface area contributed by atoms with Gasteiger partial charge in [0.1, 0.15) is 5.54 Å². The van der Waals surface area contributed by atoms with E-state index in [4.69, 9.17) is 16.9 Å². The van der Waals surface area contributed by atoms with E-state index in [2.05, 4.69) is 6.92 Å². The molecule has 6 N–H and O–H groups in total. The van der Waals surface area contributed by atoms with E-state index in [1.54, 1.807) is 0 Å². The Morgan fingerprint density at radius 3 is 2.69 bits per heavy atom. The molecule has 1 aliphatic carbocycles. The van der Waals surface area contributed by atoms with E-state index in [1.165, 1.54) is 0 Å². The quantitative estimate of drug-likeness (QED) is 0.413. The molecule has 5 heteroatoms. The topological polar surface area (TPSA) is 113 Å². The summed E-state index contributed by atoms with van der Waals surface area (Å²) in [6.45, 7) is 2.07. The van der Waals surface area contributed by atoms with Crippen molar-refractivity contribution in [3.63, 3.8) is 0 Å². The molecule has 0 radical (unpaired) electrons. The van der Waals surface area contributed by atoms with Crippen molar-refractivity contribution in [3.8, 4) is 0 Å². The number of unbranched alkanes of at least 4 members (excludes halogenated alkanes) is 1. The standard InChI is InChI=1S/C11H21N3O2/c1-2-3-4-8-5-7(9(12)13)6-11(8,14)10(15)16/h7-8H,2-6,14H2,1H3,(H3,12,13)(H,15,16). The highest BCUT2D eigenvalue weighted by atomic mass is 16.4. The van der Waals surface area contributed by atoms with E-state index in [-0.39, 0.29) is 17.7 Å². The van der Waals surface area contributed by atoms with Gasteiger partial charge in [-0.1, -0.05) is 19.8 Å². The van der Waals surface area contributed by atoms with Crippen molar-refractivity contribution in [2.24, 2.45) is 23.3 Å². The number of amidine groups is 1. The van der Waals surface area contributed by atoms with Crippen LogP contribution in [0, 0.1) is 17.2 Å². The second-order valence-corrected chi connectivity index (χ2v) is 4.78. The normalized spacial score (nSPS) is 33.9. The first-order valence-corrected chi connectivity index (χ1v) is 5.78. The Labute approximate surface area is 95.7 Å². The van der Waals surface area contributed by atoms with Crippen LogP contribution in [0.25, 0.3) is 0 Å². The molecule has 1 saturated carbocycles. The van der Waals surface area contributed by atoms with Crippen LogP contribution in [0.15, 0.2) is 0 Å². The Morgan fingerprint density at radius 1 is 1.62 bits per heavy atom. The predicted molar refractivity (Wildman–Crippen MR) is 62.2 cm³/mol. The molecule has 16 heavy (non-hydrogen) atoms. The molecule has 0 amide bonds. The van der Waals surface area contributed by atoms with Crippen LogP contribution in [0.4, 0.5) is 0 Å². The molecule has 0 spiro atoms. The zero-order chi connectivity index (χ0) is 12.3. The number of carbonyl (C=O) groups is 1. The van der Waals surface area contributed by atoms with Crippen molar-refractivity contribution >= 4 is 11.8 Å². The molecular formula is C11H21N3O2. The lowest BCUT2D eigenvalue weighted by atomic mass is 9.84. The number of aliphatic carboxylic acids is 1. The first kappa shape index (κ1) is 13.0. The summed E-state index contributed by atoms with van der Waals surface area (Å²) in [4.78, 5) is 11.2. The molecule has 0 saturated heterocycles. The van der Waals surface area contributed by atoms with E-state index in [0.29, 0.717) is 12.8 Å². The Morgan fingerprint density at radius 2 is 2.25 bits per heavy atom. The molecule has 92 valence electrons. The van der Waals surface area contributed by atoms with Crippen LogP contribution in [0.2, 0.25) is 0 Å². The minimum atomic E-state index is -1.19. The number of hydrogen-bond acceptors (Lipinski definition) is 3. The lowest BCUT2D eigenvalue weighted by Crippen LogP contribution is -2.51. The second kappa shape index (κ2) is 4.82. The second-order valence-electron chi connectivity index (χ2n) is 4.78. The molecule has 0 aromatic carbocycles. The van der Waals surface area contributed by atoms with Crippen LogP contribution in [0.1, 0.15) is 39.0 Å². The third-order valence-electron chi connectivity index (χ3n) is 3.63. The number of hydrogen-bond donors (Lipinski definition) is 4. The minimum Gasteiger partial charge on any atom is -0.480 e. The summed E-state index contributed by atoms with van der Waals surface area (Å²) in [5.74, 6) is -1.12. The maximum Gasteiger partial charge on any atom is 0.323 e. The lowest BCUT2D eigenvalue weighted by molar-refractivity contribution is -0.144. The molecule has 3 atom stereocenters. The molecule has 1 aliphatic rings. The van der Waals surface area contributed by atoms with E-state index >= 15 is 0 Å². The molecule has 0 heterocycles. The maximum atomic E-state index is 11.2. The molecule has 3 unspecified atom stereocenters. The molecule has 0 aliphatic heterocycles. The van der Waals surface area contributed by atoms with Crippen LogP contribution < -0.4 is 11.5 Å². The molecule has 5 nitrogen and oxygen atoms in total. The highest BCUT2D eigenvalue weighted by Crippen LogP contribution is 2.41. The van der Waals surface area contributed by atoms with Gasteiger partial charge in [0.15, 0.2) is 0 Å². The average molecular weight is 227 g/mol.